The third-order valence-electron chi connectivity index (χ3n) is 6.12. The van der Waals surface area contributed by atoms with E-state index in [4.69, 9.17) is 9.78 Å². The summed E-state index contributed by atoms with van der Waals surface area (Å²) in [5.74, 6) is 2.07. The molecule has 1 aliphatic rings. The van der Waals surface area contributed by atoms with Gasteiger partial charge in [0, 0.05) is 0 Å². The lowest BCUT2D eigenvalue weighted by atomic mass is 9.75. The molecular weight excluding hydrogens is 296 g/mol. The van der Waals surface area contributed by atoms with Crippen LogP contribution in [0.4, 0.5) is 0 Å². The molecule has 0 amide bonds. The molecule has 24 heavy (non-hydrogen) atoms. The first kappa shape index (κ1) is 21.7. The Bertz CT molecular complexity index is 352. The smallest absolute Gasteiger partial charge is 0.104 e. The maximum atomic E-state index is 6.06. The molecule has 0 spiro atoms. The molecule has 0 aliphatic carbocycles. The molecule has 2 nitrogen and oxygen atoms in total. The van der Waals surface area contributed by atoms with Crippen LogP contribution in [0, 0.1) is 17.8 Å². The van der Waals surface area contributed by atoms with Crippen molar-refractivity contribution in [1.29, 1.82) is 0 Å². The standard InChI is InChI=1S/C22H42O2/c1-7-13-14-18(8-2)15-19(9-3)16-22(12-6)17-20(10-4)21(11-5)23-24-22/h13-14,18-21H,7-12,15-17H2,1-6H3/b14-13+/t18?,19?,20-,21-,22?/m0/s1. The van der Waals surface area contributed by atoms with E-state index in [0.717, 1.165) is 38.0 Å². The Balaban J connectivity index is 2.74. The fraction of sp³-hybridized carbons (Fsp3) is 0.909. The van der Waals surface area contributed by atoms with Gasteiger partial charge < -0.3 is 0 Å². The first-order chi connectivity index (χ1) is 11.6. The Hall–Kier alpha value is -0.340. The largest absolute Gasteiger partial charge is 0.233 e. The molecule has 0 bridgehead atoms. The summed E-state index contributed by atoms with van der Waals surface area (Å²) in [6.07, 6.45) is 15.5. The van der Waals surface area contributed by atoms with Crippen LogP contribution >= 0.6 is 0 Å². The van der Waals surface area contributed by atoms with Crippen LogP contribution in [0.3, 0.4) is 0 Å². The fourth-order valence-corrected chi connectivity index (χ4v) is 4.22. The molecule has 142 valence electrons. The molecule has 0 aromatic carbocycles. The van der Waals surface area contributed by atoms with E-state index < -0.39 is 0 Å². The van der Waals surface area contributed by atoms with Crippen molar-refractivity contribution in [3.8, 4) is 0 Å². The van der Waals surface area contributed by atoms with Crippen molar-refractivity contribution in [2.45, 2.75) is 111 Å². The Morgan fingerprint density at radius 3 is 2.29 bits per heavy atom. The van der Waals surface area contributed by atoms with Gasteiger partial charge in [-0.3, -0.25) is 0 Å². The van der Waals surface area contributed by atoms with E-state index in [0.29, 0.717) is 11.8 Å². The lowest BCUT2D eigenvalue weighted by molar-refractivity contribution is -0.425. The second-order valence-corrected chi connectivity index (χ2v) is 7.75. The molecular formula is C22H42O2. The van der Waals surface area contributed by atoms with E-state index in [2.05, 4.69) is 53.7 Å². The lowest BCUT2D eigenvalue weighted by Gasteiger charge is -2.44. The number of hydrogen-bond donors (Lipinski definition) is 0. The van der Waals surface area contributed by atoms with Crippen LogP contribution in [0.2, 0.25) is 0 Å². The quantitative estimate of drug-likeness (QED) is 0.296. The third kappa shape index (κ3) is 6.19. The van der Waals surface area contributed by atoms with Crippen LogP contribution in [0.25, 0.3) is 0 Å². The van der Waals surface area contributed by atoms with Crippen molar-refractivity contribution >= 4 is 0 Å². The molecule has 0 radical (unpaired) electrons. The van der Waals surface area contributed by atoms with Crippen molar-refractivity contribution in [3.05, 3.63) is 12.2 Å². The second-order valence-electron chi connectivity index (χ2n) is 7.75. The molecule has 0 aromatic rings. The van der Waals surface area contributed by atoms with Crippen LogP contribution in [-0.4, -0.2) is 11.7 Å². The summed E-state index contributed by atoms with van der Waals surface area (Å²) in [6.45, 7) is 13.6. The molecule has 1 saturated heterocycles. The van der Waals surface area contributed by atoms with Gasteiger partial charge in [0.05, 0.1) is 6.10 Å². The number of hydrogen-bond acceptors (Lipinski definition) is 2. The summed E-state index contributed by atoms with van der Waals surface area (Å²) in [4.78, 5) is 11.9. The fourth-order valence-electron chi connectivity index (χ4n) is 4.22. The molecule has 2 heteroatoms. The molecule has 1 heterocycles. The summed E-state index contributed by atoms with van der Waals surface area (Å²) in [5, 5.41) is 0. The van der Waals surface area contributed by atoms with Crippen LogP contribution in [0.1, 0.15) is 99.3 Å². The minimum Gasteiger partial charge on any atom is -0.233 e. The summed E-state index contributed by atoms with van der Waals surface area (Å²) in [7, 11) is 0. The summed E-state index contributed by atoms with van der Waals surface area (Å²) in [5.41, 5.74) is -0.0697. The van der Waals surface area contributed by atoms with Gasteiger partial charge in [0.2, 0.25) is 0 Å². The second kappa shape index (κ2) is 11.3. The normalized spacial score (nSPS) is 30.6. The molecule has 0 aromatic heterocycles. The van der Waals surface area contributed by atoms with Crippen LogP contribution in [0.5, 0.6) is 0 Å². The molecule has 0 N–H and O–H groups in total. The molecule has 3 unspecified atom stereocenters. The van der Waals surface area contributed by atoms with Gasteiger partial charge in [-0.25, -0.2) is 9.78 Å². The Morgan fingerprint density at radius 1 is 1.04 bits per heavy atom. The van der Waals surface area contributed by atoms with E-state index in [1.165, 1.54) is 25.7 Å². The third-order valence-corrected chi connectivity index (χ3v) is 6.12. The maximum Gasteiger partial charge on any atom is 0.104 e. The zero-order chi connectivity index (χ0) is 18.0. The summed E-state index contributed by atoms with van der Waals surface area (Å²) in [6, 6.07) is 0. The number of allylic oxidation sites excluding steroid dienone is 2. The van der Waals surface area contributed by atoms with Crippen molar-refractivity contribution in [1.82, 2.24) is 0 Å². The zero-order valence-corrected chi connectivity index (χ0v) is 17.1. The summed E-state index contributed by atoms with van der Waals surface area (Å²) >= 11 is 0. The predicted octanol–water partition coefficient (Wildman–Crippen LogP) is 7.09. The zero-order valence-electron chi connectivity index (χ0n) is 17.1. The minimum absolute atomic E-state index is 0.0697. The highest BCUT2D eigenvalue weighted by Crippen LogP contribution is 2.42. The van der Waals surface area contributed by atoms with Gasteiger partial charge in [0.15, 0.2) is 0 Å². The monoisotopic (exact) mass is 338 g/mol. The van der Waals surface area contributed by atoms with E-state index in [-0.39, 0.29) is 11.7 Å². The van der Waals surface area contributed by atoms with Gasteiger partial charge in [-0.15, -0.1) is 0 Å². The van der Waals surface area contributed by atoms with Crippen LogP contribution in [-0.2, 0) is 9.78 Å². The Morgan fingerprint density at radius 2 is 1.79 bits per heavy atom. The van der Waals surface area contributed by atoms with Crippen molar-refractivity contribution in [3.63, 3.8) is 0 Å². The van der Waals surface area contributed by atoms with Crippen molar-refractivity contribution < 1.29 is 9.78 Å². The molecule has 1 fully saturated rings. The maximum absolute atomic E-state index is 6.06. The van der Waals surface area contributed by atoms with Crippen molar-refractivity contribution in [2.24, 2.45) is 17.8 Å². The average molecular weight is 339 g/mol. The summed E-state index contributed by atoms with van der Waals surface area (Å²) < 4.78 is 0. The predicted molar refractivity (Wildman–Crippen MR) is 104 cm³/mol. The highest BCUT2D eigenvalue weighted by atomic mass is 17.2. The van der Waals surface area contributed by atoms with Gasteiger partial charge in [-0.1, -0.05) is 66.5 Å². The van der Waals surface area contributed by atoms with E-state index >= 15 is 0 Å². The van der Waals surface area contributed by atoms with E-state index in [1.807, 2.05) is 0 Å². The van der Waals surface area contributed by atoms with Gasteiger partial charge in [0.25, 0.3) is 0 Å². The molecule has 1 rings (SSSR count). The van der Waals surface area contributed by atoms with Gasteiger partial charge >= 0.3 is 0 Å². The highest BCUT2D eigenvalue weighted by Gasteiger charge is 2.42. The van der Waals surface area contributed by atoms with Gasteiger partial charge in [0.1, 0.15) is 5.60 Å². The van der Waals surface area contributed by atoms with Crippen molar-refractivity contribution in [2.75, 3.05) is 0 Å². The minimum atomic E-state index is -0.0697. The van der Waals surface area contributed by atoms with Crippen LogP contribution < -0.4 is 0 Å². The topological polar surface area (TPSA) is 18.5 Å². The SMILES string of the molecule is CC/C=C/C(CC)CC(CC)CC1(CC)C[C@H](CC)[C@H](CC)OO1. The van der Waals surface area contributed by atoms with E-state index in [9.17, 15) is 0 Å². The molecule has 0 saturated carbocycles. The Labute approximate surface area is 151 Å². The highest BCUT2D eigenvalue weighted by molar-refractivity contribution is 4.92. The first-order valence-corrected chi connectivity index (χ1v) is 10.6. The average Bonchev–Trinajstić information content (AvgIpc) is 2.63. The molecule has 5 atom stereocenters. The lowest BCUT2D eigenvalue weighted by Crippen LogP contribution is -2.46. The Kier molecular flexibility index (Phi) is 10.2. The van der Waals surface area contributed by atoms with Crippen LogP contribution in [0.15, 0.2) is 12.2 Å². The van der Waals surface area contributed by atoms with E-state index in [1.54, 1.807) is 0 Å². The van der Waals surface area contributed by atoms with Gasteiger partial charge in [-0.05, 0) is 62.7 Å². The number of rotatable bonds is 11. The molecule has 1 aliphatic heterocycles. The van der Waals surface area contributed by atoms with Gasteiger partial charge in [-0.2, -0.15) is 0 Å². The first-order valence-electron chi connectivity index (χ1n) is 10.6.